The maximum Gasteiger partial charge on any atom is 0.245 e. The number of rotatable bonds is 10. The summed E-state index contributed by atoms with van der Waals surface area (Å²) in [6.07, 6.45) is 1.18. The highest BCUT2D eigenvalue weighted by molar-refractivity contribution is 7.89. The number of carbonyl (C=O) groups excluding carboxylic acids is 1. The molecule has 0 saturated carbocycles. The molecule has 6 nitrogen and oxygen atoms in total. The molecule has 4 rings (SSSR count). The minimum atomic E-state index is -4.18. The Balaban J connectivity index is 1.64. The predicted octanol–water partition coefficient (Wildman–Crippen LogP) is 5.90. The standard InChI is InChI=1S/C26H27Cl2FN2O4S2/c1-18-10-12-36-24(18)16-30(14-19-4-7-21(29)8-5-19)26(32)17-31(15-22-3-2-11-35-22)37(33,34)25-13-20(27)6-9-23(25)28/h4-10,12-13,22H,2-3,11,14-17H2,1H3. The second-order valence-electron chi connectivity index (χ2n) is 8.91. The number of thiophene rings is 1. The number of amides is 1. The van der Waals surface area contributed by atoms with Gasteiger partial charge in [-0.1, -0.05) is 35.3 Å². The minimum Gasteiger partial charge on any atom is -0.377 e. The summed E-state index contributed by atoms with van der Waals surface area (Å²) < 4.78 is 47.8. The largest absolute Gasteiger partial charge is 0.377 e. The summed E-state index contributed by atoms with van der Waals surface area (Å²) >= 11 is 13.9. The van der Waals surface area contributed by atoms with Gasteiger partial charge in [0.2, 0.25) is 15.9 Å². The quantitative estimate of drug-likeness (QED) is 0.297. The van der Waals surface area contributed by atoms with Gasteiger partial charge in [-0.2, -0.15) is 4.31 Å². The first kappa shape index (κ1) is 28.0. The molecule has 1 saturated heterocycles. The molecule has 37 heavy (non-hydrogen) atoms. The Bertz CT molecular complexity index is 1340. The average molecular weight is 586 g/mol. The number of benzene rings is 2. The molecular formula is C26H27Cl2FN2O4S2. The van der Waals surface area contributed by atoms with Crippen molar-refractivity contribution in [3.05, 3.63) is 85.8 Å². The lowest BCUT2D eigenvalue weighted by molar-refractivity contribution is -0.132. The summed E-state index contributed by atoms with van der Waals surface area (Å²) in [7, 11) is -4.18. The van der Waals surface area contributed by atoms with Gasteiger partial charge >= 0.3 is 0 Å². The first-order valence-electron chi connectivity index (χ1n) is 11.8. The van der Waals surface area contributed by atoms with Gasteiger partial charge in [0.1, 0.15) is 10.7 Å². The number of sulfonamides is 1. The van der Waals surface area contributed by atoms with E-state index in [9.17, 15) is 17.6 Å². The lowest BCUT2D eigenvalue weighted by Gasteiger charge is -2.29. The summed E-state index contributed by atoms with van der Waals surface area (Å²) in [5.74, 6) is -0.764. The molecule has 0 N–H and O–H groups in total. The molecule has 0 bridgehead atoms. The van der Waals surface area contributed by atoms with Crippen LogP contribution in [0.3, 0.4) is 0 Å². The monoisotopic (exact) mass is 584 g/mol. The zero-order chi connectivity index (χ0) is 26.6. The third kappa shape index (κ3) is 7.10. The summed E-state index contributed by atoms with van der Waals surface area (Å²) in [4.78, 5) is 16.1. The van der Waals surface area contributed by atoms with Gasteiger partial charge in [0.25, 0.3) is 0 Å². The summed E-state index contributed by atoms with van der Waals surface area (Å²) in [5, 5.41) is 2.18. The molecular weight excluding hydrogens is 558 g/mol. The molecule has 3 aromatic rings. The van der Waals surface area contributed by atoms with E-state index in [-0.39, 0.29) is 40.0 Å². The van der Waals surface area contributed by atoms with Crippen molar-refractivity contribution in [1.82, 2.24) is 9.21 Å². The van der Waals surface area contributed by atoms with Crippen molar-refractivity contribution in [3.8, 4) is 0 Å². The molecule has 0 aliphatic carbocycles. The van der Waals surface area contributed by atoms with Gasteiger partial charge in [0.15, 0.2) is 0 Å². The Morgan fingerprint density at radius 1 is 1.14 bits per heavy atom. The molecule has 198 valence electrons. The Morgan fingerprint density at radius 2 is 1.89 bits per heavy atom. The van der Waals surface area contributed by atoms with Crippen LogP contribution in [0.5, 0.6) is 0 Å². The van der Waals surface area contributed by atoms with Crippen molar-refractivity contribution in [1.29, 1.82) is 0 Å². The van der Waals surface area contributed by atoms with Crippen LogP contribution in [0.4, 0.5) is 4.39 Å². The van der Waals surface area contributed by atoms with Crippen LogP contribution in [0.25, 0.3) is 0 Å². The SMILES string of the molecule is Cc1ccsc1CN(Cc1ccc(F)cc1)C(=O)CN(CC1CCCO1)S(=O)(=O)c1cc(Cl)ccc1Cl. The van der Waals surface area contributed by atoms with E-state index in [1.54, 1.807) is 17.0 Å². The molecule has 11 heteroatoms. The van der Waals surface area contributed by atoms with Gasteiger partial charge in [-0.3, -0.25) is 4.79 Å². The molecule has 1 amide bonds. The Labute approximate surface area is 230 Å². The van der Waals surface area contributed by atoms with Crippen LogP contribution >= 0.6 is 34.5 Å². The molecule has 2 aromatic carbocycles. The third-order valence-electron chi connectivity index (χ3n) is 6.20. The number of aryl methyl sites for hydroxylation is 1. The third-order valence-corrected chi connectivity index (χ3v) is 9.73. The van der Waals surface area contributed by atoms with Gasteiger partial charge in [-0.05, 0) is 72.7 Å². The number of halogens is 3. The molecule has 1 aromatic heterocycles. The van der Waals surface area contributed by atoms with Crippen molar-refractivity contribution in [2.24, 2.45) is 0 Å². The molecule has 0 radical (unpaired) electrons. The van der Waals surface area contributed by atoms with Crippen molar-refractivity contribution in [2.75, 3.05) is 19.7 Å². The van der Waals surface area contributed by atoms with E-state index in [0.29, 0.717) is 19.6 Å². The fourth-order valence-electron chi connectivity index (χ4n) is 4.11. The van der Waals surface area contributed by atoms with Crippen molar-refractivity contribution in [3.63, 3.8) is 0 Å². The number of ether oxygens (including phenoxy) is 1. The van der Waals surface area contributed by atoms with Crippen molar-refractivity contribution < 1.29 is 22.3 Å². The van der Waals surface area contributed by atoms with Crippen LogP contribution in [-0.4, -0.2) is 49.3 Å². The van der Waals surface area contributed by atoms with E-state index in [4.69, 9.17) is 27.9 Å². The second kappa shape index (κ2) is 12.2. The van der Waals surface area contributed by atoms with Crippen molar-refractivity contribution in [2.45, 2.75) is 43.9 Å². The van der Waals surface area contributed by atoms with Crippen LogP contribution < -0.4 is 0 Å². The van der Waals surface area contributed by atoms with E-state index in [2.05, 4.69) is 0 Å². The molecule has 1 aliphatic rings. The van der Waals surface area contributed by atoms with Gasteiger partial charge in [-0.25, -0.2) is 12.8 Å². The number of hydrogen-bond donors (Lipinski definition) is 0. The van der Waals surface area contributed by atoms with Gasteiger partial charge < -0.3 is 9.64 Å². The smallest absolute Gasteiger partial charge is 0.245 e. The number of nitrogens with zero attached hydrogens (tertiary/aromatic N) is 2. The van der Waals surface area contributed by atoms with E-state index in [0.717, 1.165) is 26.7 Å². The Morgan fingerprint density at radius 3 is 2.54 bits per heavy atom. The van der Waals surface area contributed by atoms with Crippen LogP contribution in [0.1, 0.15) is 28.8 Å². The summed E-state index contributed by atoms with van der Waals surface area (Å²) in [5.41, 5.74) is 1.77. The lowest BCUT2D eigenvalue weighted by atomic mass is 10.2. The van der Waals surface area contributed by atoms with Crippen LogP contribution in [-0.2, 0) is 32.6 Å². The van der Waals surface area contributed by atoms with Crippen molar-refractivity contribution >= 4 is 50.5 Å². The zero-order valence-corrected chi connectivity index (χ0v) is 23.3. The fourth-order valence-corrected chi connectivity index (χ4v) is 7.19. The highest BCUT2D eigenvalue weighted by atomic mass is 35.5. The topological polar surface area (TPSA) is 66.9 Å². The molecule has 1 unspecified atom stereocenters. The highest BCUT2D eigenvalue weighted by Crippen LogP contribution is 2.29. The average Bonchev–Trinajstić information content (AvgIpc) is 3.52. The molecule has 1 fully saturated rings. The highest BCUT2D eigenvalue weighted by Gasteiger charge is 2.33. The fraction of sp³-hybridized carbons (Fsp3) is 0.346. The first-order chi connectivity index (χ1) is 17.6. The predicted molar refractivity (Wildman–Crippen MR) is 144 cm³/mol. The minimum absolute atomic E-state index is 0.0132. The molecule has 1 aliphatic heterocycles. The zero-order valence-electron chi connectivity index (χ0n) is 20.2. The molecule has 2 heterocycles. The van der Waals surface area contributed by atoms with Gasteiger partial charge in [0, 0.05) is 29.6 Å². The van der Waals surface area contributed by atoms with Gasteiger partial charge in [0.05, 0.1) is 24.2 Å². The van der Waals surface area contributed by atoms with Crippen LogP contribution in [0, 0.1) is 12.7 Å². The van der Waals surface area contributed by atoms with E-state index < -0.39 is 22.5 Å². The maximum atomic E-state index is 13.7. The Kier molecular flexibility index (Phi) is 9.26. The summed E-state index contributed by atoms with van der Waals surface area (Å²) in [6, 6.07) is 12.1. The first-order valence-corrected chi connectivity index (χ1v) is 14.8. The maximum absolute atomic E-state index is 13.7. The molecule has 0 spiro atoms. The van der Waals surface area contributed by atoms with E-state index in [1.807, 2.05) is 18.4 Å². The van der Waals surface area contributed by atoms with Crippen LogP contribution in [0.15, 0.2) is 58.8 Å². The van der Waals surface area contributed by atoms with E-state index >= 15 is 0 Å². The second-order valence-corrected chi connectivity index (χ2v) is 12.7. The normalized spacial score (nSPS) is 15.9. The summed E-state index contributed by atoms with van der Waals surface area (Å²) in [6.45, 7) is 2.60. The number of carbonyl (C=O) groups is 1. The lowest BCUT2D eigenvalue weighted by Crippen LogP contribution is -2.45. The van der Waals surface area contributed by atoms with Crippen LogP contribution in [0.2, 0.25) is 10.0 Å². The molecule has 1 atom stereocenters. The van der Waals surface area contributed by atoms with Gasteiger partial charge in [-0.15, -0.1) is 11.3 Å². The van der Waals surface area contributed by atoms with E-state index in [1.165, 1.54) is 41.7 Å². The Hall–Kier alpha value is -2.01. The number of hydrogen-bond acceptors (Lipinski definition) is 5.